The van der Waals surface area contributed by atoms with Crippen LogP contribution in [0.3, 0.4) is 0 Å². The zero-order chi connectivity index (χ0) is 26.3. The molecule has 1 aliphatic rings. The lowest BCUT2D eigenvalue weighted by Crippen LogP contribution is -2.29. The topological polar surface area (TPSA) is 56.6 Å². The molecule has 1 unspecified atom stereocenters. The van der Waals surface area contributed by atoms with Gasteiger partial charge in [0.05, 0.1) is 17.1 Å². The Labute approximate surface area is 220 Å². The summed E-state index contributed by atoms with van der Waals surface area (Å²) in [5.41, 5.74) is 4.68. The highest BCUT2D eigenvalue weighted by Crippen LogP contribution is 2.37. The molecule has 0 N–H and O–H groups in total. The molecule has 0 saturated heterocycles. The van der Waals surface area contributed by atoms with Crippen molar-refractivity contribution in [1.29, 1.82) is 0 Å². The first-order valence-corrected chi connectivity index (χ1v) is 13.4. The van der Waals surface area contributed by atoms with Crippen LogP contribution in [0.15, 0.2) is 74.9 Å². The molecule has 2 aromatic heterocycles. The van der Waals surface area contributed by atoms with Crippen LogP contribution in [0.25, 0.3) is 16.9 Å². The van der Waals surface area contributed by atoms with Gasteiger partial charge < -0.3 is 0 Å². The number of halogens is 1. The summed E-state index contributed by atoms with van der Waals surface area (Å²) in [5, 5.41) is 7.08. The highest BCUT2D eigenvalue weighted by atomic mass is 32.1. The molecule has 1 atom stereocenters. The van der Waals surface area contributed by atoms with Gasteiger partial charge in [-0.05, 0) is 73.9 Å². The molecule has 8 heteroatoms. The fraction of sp³-hybridized carbons (Fsp3) is 0.345. The van der Waals surface area contributed by atoms with Crippen molar-refractivity contribution in [1.82, 2.24) is 14.0 Å². The van der Waals surface area contributed by atoms with E-state index in [2.05, 4.69) is 20.8 Å². The van der Waals surface area contributed by atoms with E-state index < -0.39 is 0 Å². The third-order valence-corrected chi connectivity index (χ3v) is 7.78. The smallest absolute Gasteiger partial charge is 0.283 e. The van der Waals surface area contributed by atoms with Crippen LogP contribution in [0, 0.1) is 24.1 Å². The van der Waals surface area contributed by atoms with Crippen LogP contribution in [-0.4, -0.2) is 19.8 Å². The van der Waals surface area contributed by atoms with Crippen molar-refractivity contribution in [2.45, 2.75) is 47.0 Å². The molecular weight excluding hydrogens is 485 g/mol. The predicted octanol–water partition coefficient (Wildman–Crippen LogP) is 6.44. The molecular formula is C29H32FN5OS. The van der Waals surface area contributed by atoms with E-state index >= 15 is 0 Å². The second kappa shape index (κ2) is 9.74. The summed E-state index contributed by atoms with van der Waals surface area (Å²) < 4.78 is 19.0. The molecule has 1 aliphatic carbocycles. The minimum absolute atomic E-state index is 0.167. The maximum absolute atomic E-state index is 13.7. The second-order valence-electron chi connectivity index (χ2n) is 10.8. The van der Waals surface area contributed by atoms with Gasteiger partial charge in [-0.2, -0.15) is 5.10 Å². The molecule has 2 aromatic carbocycles. The van der Waals surface area contributed by atoms with Gasteiger partial charge in [0.25, 0.3) is 5.56 Å². The fourth-order valence-electron chi connectivity index (χ4n) is 5.40. The lowest BCUT2D eigenvalue weighted by atomic mass is 9.72. The van der Waals surface area contributed by atoms with Crippen LogP contribution in [-0.2, 0) is 7.05 Å². The number of hydrogen-bond acceptors (Lipinski definition) is 4. The molecule has 192 valence electrons. The largest absolute Gasteiger partial charge is 0.297 e. The summed E-state index contributed by atoms with van der Waals surface area (Å²) >= 11 is 1.43. The van der Waals surface area contributed by atoms with E-state index in [1.165, 1.54) is 23.5 Å². The predicted molar refractivity (Wildman–Crippen MR) is 148 cm³/mol. The van der Waals surface area contributed by atoms with Gasteiger partial charge in [-0.1, -0.05) is 39.0 Å². The van der Waals surface area contributed by atoms with Gasteiger partial charge in [-0.25, -0.2) is 18.7 Å². The van der Waals surface area contributed by atoms with E-state index in [1.807, 2.05) is 59.0 Å². The molecule has 2 heterocycles. The Morgan fingerprint density at radius 3 is 2.46 bits per heavy atom. The lowest BCUT2D eigenvalue weighted by molar-refractivity contribution is 0.265. The Morgan fingerprint density at radius 1 is 1.08 bits per heavy atom. The third-order valence-electron chi connectivity index (χ3n) is 6.97. The summed E-state index contributed by atoms with van der Waals surface area (Å²) in [6.45, 7) is 8.72. The highest BCUT2D eigenvalue weighted by molar-refractivity contribution is 7.07. The average molecular weight is 518 g/mol. The van der Waals surface area contributed by atoms with Gasteiger partial charge in [0.1, 0.15) is 5.82 Å². The number of benzene rings is 2. The van der Waals surface area contributed by atoms with Crippen LogP contribution < -0.4 is 10.4 Å². The van der Waals surface area contributed by atoms with E-state index in [1.54, 1.807) is 16.8 Å². The summed E-state index contributed by atoms with van der Waals surface area (Å²) in [6.07, 6.45) is 2.97. The number of thiazole rings is 1. The minimum atomic E-state index is -0.286. The van der Waals surface area contributed by atoms with Crippen molar-refractivity contribution in [2.75, 3.05) is 0 Å². The monoisotopic (exact) mass is 517 g/mol. The van der Waals surface area contributed by atoms with Crippen LogP contribution >= 0.6 is 11.3 Å². The number of para-hydroxylation sites is 1. The van der Waals surface area contributed by atoms with Gasteiger partial charge in [-0.15, -0.1) is 11.3 Å². The summed E-state index contributed by atoms with van der Waals surface area (Å²) in [7, 11) is 1.86. The average Bonchev–Trinajstić information content (AvgIpc) is 3.32. The van der Waals surface area contributed by atoms with E-state index in [-0.39, 0.29) is 16.8 Å². The van der Waals surface area contributed by atoms with E-state index in [4.69, 9.17) is 10.1 Å². The molecule has 37 heavy (non-hydrogen) atoms. The fourth-order valence-corrected chi connectivity index (χ4v) is 6.24. The Balaban J connectivity index is 1.71. The highest BCUT2D eigenvalue weighted by Gasteiger charge is 2.30. The van der Waals surface area contributed by atoms with E-state index in [9.17, 15) is 9.18 Å². The molecule has 0 spiro atoms. The number of aromatic nitrogens is 3. The standard InChI is InChI=1S/C29H32FN5OS/c1-19-15-23(17-29(3,4)16-19)32-34-25(21-11-13-22(30)14-12-21)18-37-28(34)31-26-20(2)33(5)35(27(26)36)24-9-7-6-8-10-24/h6-14,18-19H,15-17H2,1-5H3. The number of nitrogens with zero attached hydrogens (tertiary/aromatic N) is 5. The SMILES string of the molecule is Cc1c(N=c2scc(-c3ccc(F)cc3)n2N=C2CC(C)CC(C)(C)C2)c(=O)n(-c2ccccc2)n1C. The maximum Gasteiger partial charge on any atom is 0.297 e. The molecule has 4 aromatic rings. The quantitative estimate of drug-likeness (QED) is 0.307. The molecule has 0 radical (unpaired) electrons. The Kier molecular flexibility index (Phi) is 6.62. The van der Waals surface area contributed by atoms with Gasteiger partial charge in [0.15, 0.2) is 5.69 Å². The molecule has 6 nitrogen and oxygen atoms in total. The van der Waals surface area contributed by atoms with Gasteiger partial charge in [-0.3, -0.25) is 9.48 Å². The summed E-state index contributed by atoms with van der Waals surface area (Å²) in [5.74, 6) is 0.247. The molecule has 5 rings (SSSR count). The van der Waals surface area contributed by atoms with Crippen molar-refractivity contribution in [2.24, 2.45) is 28.5 Å². The van der Waals surface area contributed by atoms with E-state index in [0.717, 1.165) is 47.6 Å². The Hall–Kier alpha value is -3.52. The lowest BCUT2D eigenvalue weighted by Gasteiger charge is -2.34. The number of hydrogen-bond donors (Lipinski definition) is 0. The van der Waals surface area contributed by atoms with Crippen LogP contribution in [0.5, 0.6) is 0 Å². The Bertz CT molecular complexity index is 1590. The van der Waals surface area contributed by atoms with Crippen molar-refractivity contribution in [3.05, 3.63) is 86.6 Å². The van der Waals surface area contributed by atoms with Crippen molar-refractivity contribution < 1.29 is 4.39 Å². The molecule has 0 bridgehead atoms. The first-order chi connectivity index (χ1) is 17.6. The van der Waals surface area contributed by atoms with Crippen molar-refractivity contribution in [3.63, 3.8) is 0 Å². The number of rotatable bonds is 4. The van der Waals surface area contributed by atoms with Gasteiger partial charge in [0, 0.05) is 23.7 Å². The summed E-state index contributed by atoms with van der Waals surface area (Å²) in [4.78, 5) is 19.0. The van der Waals surface area contributed by atoms with Crippen LogP contribution in [0.2, 0.25) is 0 Å². The third kappa shape index (κ3) is 5.03. The van der Waals surface area contributed by atoms with Crippen LogP contribution in [0.4, 0.5) is 10.1 Å². The van der Waals surface area contributed by atoms with Crippen molar-refractivity contribution >= 4 is 22.7 Å². The molecule has 0 amide bonds. The maximum atomic E-state index is 13.7. The normalized spacial score (nSPS) is 19.0. The zero-order valence-electron chi connectivity index (χ0n) is 21.9. The van der Waals surface area contributed by atoms with E-state index in [0.29, 0.717) is 16.4 Å². The molecule has 1 saturated carbocycles. The molecule has 0 aliphatic heterocycles. The zero-order valence-corrected chi connectivity index (χ0v) is 22.7. The van der Waals surface area contributed by atoms with Crippen molar-refractivity contribution in [3.8, 4) is 16.9 Å². The van der Waals surface area contributed by atoms with Gasteiger partial charge in [0.2, 0.25) is 4.80 Å². The minimum Gasteiger partial charge on any atom is -0.283 e. The first kappa shape index (κ1) is 25.1. The van der Waals surface area contributed by atoms with Crippen LogP contribution in [0.1, 0.15) is 45.7 Å². The van der Waals surface area contributed by atoms with Gasteiger partial charge >= 0.3 is 0 Å². The Morgan fingerprint density at radius 2 is 1.78 bits per heavy atom. The first-order valence-electron chi connectivity index (χ1n) is 12.5. The second-order valence-corrected chi connectivity index (χ2v) is 11.6. The molecule has 1 fully saturated rings. The summed E-state index contributed by atoms with van der Waals surface area (Å²) in [6, 6.07) is 16.0.